The number of anilines is 1. The van der Waals surface area contributed by atoms with Crippen LogP contribution in [0.15, 0.2) is 73.1 Å². The normalized spacial score (nSPS) is 11.9. The number of phenols is 2. The number of nitrogens with one attached hydrogen (secondary N) is 1. The van der Waals surface area contributed by atoms with E-state index in [1.165, 1.54) is 12.1 Å². The molecule has 4 N–H and O–H groups in total. The van der Waals surface area contributed by atoms with Crippen LogP contribution in [0.5, 0.6) is 11.5 Å². The highest BCUT2D eigenvalue weighted by Gasteiger charge is 2.20. The number of benzene rings is 3. The molecule has 0 saturated carbocycles. The minimum Gasteiger partial charge on any atom is -0.504 e. The zero-order chi connectivity index (χ0) is 22.7. The van der Waals surface area contributed by atoms with Crippen LogP contribution in [-0.2, 0) is 16.0 Å². The molecule has 4 aromatic rings. The fourth-order valence-electron chi connectivity index (χ4n) is 3.64. The van der Waals surface area contributed by atoms with E-state index in [0.717, 1.165) is 5.56 Å². The summed E-state index contributed by atoms with van der Waals surface area (Å²) in [5.74, 6) is -1.76. The van der Waals surface area contributed by atoms with Crippen LogP contribution in [0.3, 0.4) is 0 Å². The zero-order valence-electron chi connectivity index (χ0n) is 17.0. The summed E-state index contributed by atoms with van der Waals surface area (Å²) in [5.41, 5.74) is 3.30. The molecule has 0 aliphatic heterocycles. The Balaban J connectivity index is 1.61. The van der Waals surface area contributed by atoms with Crippen molar-refractivity contribution in [1.82, 2.24) is 9.55 Å². The highest BCUT2D eigenvalue weighted by molar-refractivity contribution is 5.94. The number of hydrogen-bond acceptors (Lipinski definition) is 5. The fraction of sp³-hybridized carbons (Fsp3) is 0.125. The molecule has 1 heterocycles. The summed E-state index contributed by atoms with van der Waals surface area (Å²) < 4.78 is 1.80. The van der Waals surface area contributed by atoms with Crippen molar-refractivity contribution in [3.63, 3.8) is 0 Å². The SMILES string of the molecule is O=C(O)CC(c1ccccc1)n1cnc2ccc(NC(=O)Cc3ccc(O)c(O)c3)cc21. The Morgan fingerprint density at radius 2 is 1.75 bits per heavy atom. The Bertz CT molecular complexity index is 1280. The lowest BCUT2D eigenvalue weighted by molar-refractivity contribution is -0.137. The van der Waals surface area contributed by atoms with Crippen molar-refractivity contribution in [3.05, 3.63) is 84.2 Å². The molecular weight excluding hydrogens is 410 g/mol. The van der Waals surface area contributed by atoms with Crippen molar-refractivity contribution in [2.45, 2.75) is 18.9 Å². The van der Waals surface area contributed by atoms with Gasteiger partial charge in [-0.05, 0) is 41.5 Å². The van der Waals surface area contributed by atoms with Crippen LogP contribution < -0.4 is 5.32 Å². The lowest BCUT2D eigenvalue weighted by atomic mass is 10.0. The van der Waals surface area contributed by atoms with E-state index in [9.17, 15) is 24.9 Å². The third kappa shape index (κ3) is 4.54. The van der Waals surface area contributed by atoms with Gasteiger partial charge in [-0.1, -0.05) is 36.4 Å². The van der Waals surface area contributed by atoms with Gasteiger partial charge in [-0.15, -0.1) is 0 Å². The second-order valence-corrected chi connectivity index (χ2v) is 7.43. The molecule has 32 heavy (non-hydrogen) atoms. The van der Waals surface area contributed by atoms with Crippen LogP contribution >= 0.6 is 0 Å². The van der Waals surface area contributed by atoms with E-state index in [-0.39, 0.29) is 30.2 Å². The number of carbonyl (C=O) groups is 2. The quantitative estimate of drug-likeness (QED) is 0.331. The number of carbonyl (C=O) groups excluding carboxylic acids is 1. The van der Waals surface area contributed by atoms with Gasteiger partial charge in [-0.3, -0.25) is 9.59 Å². The van der Waals surface area contributed by atoms with E-state index in [0.29, 0.717) is 22.3 Å². The van der Waals surface area contributed by atoms with Gasteiger partial charge in [-0.25, -0.2) is 4.98 Å². The molecule has 0 radical (unpaired) electrons. The lowest BCUT2D eigenvalue weighted by Crippen LogP contribution is -2.15. The summed E-state index contributed by atoms with van der Waals surface area (Å²) in [5, 5.41) is 31.3. The van der Waals surface area contributed by atoms with Gasteiger partial charge < -0.3 is 25.2 Å². The molecule has 1 atom stereocenters. The van der Waals surface area contributed by atoms with Gasteiger partial charge in [0.1, 0.15) is 0 Å². The van der Waals surface area contributed by atoms with Crippen molar-refractivity contribution in [2.75, 3.05) is 5.32 Å². The number of carboxylic acid groups (broad SMARTS) is 1. The van der Waals surface area contributed by atoms with Gasteiger partial charge in [0.15, 0.2) is 11.5 Å². The number of phenolic OH excluding ortho intramolecular Hbond substituents is 2. The summed E-state index contributed by atoms with van der Waals surface area (Å²) >= 11 is 0. The minimum atomic E-state index is -0.928. The van der Waals surface area contributed by atoms with Gasteiger partial charge in [0, 0.05) is 5.69 Å². The molecule has 1 unspecified atom stereocenters. The number of amides is 1. The van der Waals surface area contributed by atoms with Crippen molar-refractivity contribution >= 4 is 28.6 Å². The molecule has 0 bridgehead atoms. The number of carboxylic acids is 1. The van der Waals surface area contributed by atoms with Crippen molar-refractivity contribution in [2.24, 2.45) is 0 Å². The first kappa shape index (κ1) is 20.9. The van der Waals surface area contributed by atoms with Gasteiger partial charge in [0.25, 0.3) is 0 Å². The van der Waals surface area contributed by atoms with E-state index in [2.05, 4.69) is 10.3 Å². The van der Waals surface area contributed by atoms with Crippen LogP contribution in [0.4, 0.5) is 5.69 Å². The Labute approximate surface area is 183 Å². The van der Waals surface area contributed by atoms with E-state index in [4.69, 9.17) is 0 Å². The van der Waals surface area contributed by atoms with E-state index < -0.39 is 12.0 Å². The Hall–Kier alpha value is -4.33. The van der Waals surface area contributed by atoms with Crippen molar-refractivity contribution < 1.29 is 24.9 Å². The Morgan fingerprint density at radius 1 is 0.969 bits per heavy atom. The zero-order valence-corrected chi connectivity index (χ0v) is 17.0. The third-order valence-corrected chi connectivity index (χ3v) is 5.15. The number of hydrogen-bond donors (Lipinski definition) is 4. The highest BCUT2D eigenvalue weighted by atomic mass is 16.4. The molecule has 1 aromatic heterocycles. The van der Waals surface area contributed by atoms with E-state index in [1.54, 1.807) is 35.2 Å². The van der Waals surface area contributed by atoms with Gasteiger partial charge >= 0.3 is 5.97 Å². The summed E-state index contributed by atoms with van der Waals surface area (Å²) in [4.78, 5) is 28.4. The maximum Gasteiger partial charge on any atom is 0.305 e. The van der Waals surface area contributed by atoms with E-state index >= 15 is 0 Å². The van der Waals surface area contributed by atoms with Gasteiger partial charge in [0.05, 0.1) is 36.2 Å². The Kier molecular flexibility index (Phi) is 5.76. The molecule has 1 amide bonds. The maximum absolute atomic E-state index is 12.5. The average molecular weight is 431 g/mol. The summed E-state index contributed by atoms with van der Waals surface area (Å²) in [6, 6.07) is 18.3. The molecule has 0 aliphatic carbocycles. The van der Waals surface area contributed by atoms with Crippen LogP contribution in [0.2, 0.25) is 0 Å². The molecule has 4 rings (SSSR count). The smallest absolute Gasteiger partial charge is 0.305 e. The van der Waals surface area contributed by atoms with Crippen LogP contribution in [-0.4, -0.2) is 36.7 Å². The average Bonchev–Trinajstić information content (AvgIpc) is 3.18. The molecule has 162 valence electrons. The molecule has 0 saturated heterocycles. The molecule has 0 fully saturated rings. The summed E-state index contributed by atoms with van der Waals surface area (Å²) in [6.07, 6.45) is 1.50. The summed E-state index contributed by atoms with van der Waals surface area (Å²) in [7, 11) is 0. The Morgan fingerprint density at radius 3 is 2.47 bits per heavy atom. The largest absolute Gasteiger partial charge is 0.504 e. The van der Waals surface area contributed by atoms with Crippen LogP contribution in [0.1, 0.15) is 23.6 Å². The second-order valence-electron chi connectivity index (χ2n) is 7.43. The maximum atomic E-state index is 12.5. The van der Waals surface area contributed by atoms with Crippen LogP contribution in [0.25, 0.3) is 11.0 Å². The van der Waals surface area contributed by atoms with Crippen molar-refractivity contribution in [1.29, 1.82) is 0 Å². The standard InChI is InChI=1S/C24H21N3O5/c28-21-9-6-15(10-22(21)29)11-23(30)26-17-7-8-18-20(12-17)27(14-25-18)19(13-24(31)32)16-4-2-1-3-5-16/h1-10,12,14,19,28-29H,11,13H2,(H,26,30)(H,31,32). The molecule has 3 aromatic carbocycles. The lowest BCUT2D eigenvalue weighted by Gasteiger charge is -2.18. The monoisotopic (exact) mass is 431 g/mol. The predicted octanol–water partition coefficient (Wildman–Crippen LogP) is 3.69. The minimum absolute atomic E-state index is 0.0107. The first-order chi connectivity index (χ1) is 15.4. The van der Waals surface area contributed by atoms with Gasteiger partial charge in [0.2, 0.25) is 5.91 Å². The second kappa shape index (κ2) is 8.81. The molecular formula is C24H21N3O5. The number of aliphatic carboxylic acids is 1. The van der Waals surface area contributed by atoms with Gasteiger partial charge in [-0.2, -0.15) is 0 Å². The first-order valence-electron chi connectivity index (χ1n) is 9.95. The number of imidazole rings is 1. The van der Waals surface area contributed by atoms with Crippen molar-refractivity contribution in [3.8, 4) is 11.5 Å². The topological polar surface area (TPSA) is 125 Å². The number of aromatic nitrogens is 2. The third-order valence-electron chi connectivity index (χ3n) is 5.15. The van der Waals surface area contributed by atoms with E-state index in [1.807, 2.05) is 30.3 Å². The first-order valence-corrected chi connectivity index (χ1v) is 9.95. The summed E-state index contributed by atoms with van der Waals surface area (Å²) in [6.45, 7) is 0. The number of nitrogens with zero attached hydrogens (tertiary/aromatic N) is 2. The van der Waals surface area contributed by atoms with Crippen LogP contribution in [0, 0.1) is 0 Å². The molecule has 8 heteroatoms. The number of rotatable bonds is 7. The molecule has 0 spiro atoms. The number of aromatic hydroxyl groups is 2. The predicted molar refractivity (Wildman–Crippen MR) is 119 cm³/mol. The highest BCUT2D eigenvalue weighted by Crippen LogP contribution is 2.29. The number of fused-ring (bicyclic) bond motifs is 1. The molecule has 8 nitrogen and oxygen atoms in total. The fourth-order valence-corrected chi connectivity index (χ4v) is 3.64. The molecule has 0 aliphatic rings.